The van der Waals surface area contributed by atoms with Crippen LogP contribution in [-0.2, 0) is 11.3 Å². The topological polar surface area (TPSA) is 37.6 Å². The van der Waals surface area contributed by atoms with Crippen molar-refractivity contribution in [3.05, 3.63) is 47.2 Å². The van der Waals surface area contributed by atoms with Crippen molar-refractivity contribution in [1.29, 1.82) is 0 Å². The normalized spacial score (nSPS) is 23.6. The summed E-state index contributed by atoms with van der Waals surface area (Å²) in [6.07, 6.45) is 3.89. The first-order chi connectivity index (χ1) is 14.0. The monoisotopic (exact) mass is 396 g/mol. The minimum atomic E-state index is -0.172. The van der Waals surface area contributed by atoms with Gasteiger partial charge in [-0.05, 0) is 61.3 Å². The van der Waals surface area contributed by atoms with Crippen molar-refractivity contribution in [2.75, 3.05) is 26.3 Å². The third-order valence-electron chi connectivity index (χ3n) is 6.75. The highest BCUT2D eigenvalue weighted by Crippen LogP contribution is 2.37. The quantitative estimate of drug-likeness (QED) is 0.781. The Morgan fingerprint density at radius 2 is 1.83 bits per heavy atom. The number of rotatable bonds is 5. The highest BCUT2D eigenvalue weighted by molar-refractivity contribution is 5.63. The maximum absolute atomic E-state index is 10.3. The molecule has 1 N–H and O–H groups in total. The third kappa shape index (κ3) is 4.60. The molecule has 4 rings (SSSR count). The van der Waals surface area contributed by atoms with Crippen molar-refractivity contribution >= 4 is 0 Å². The van der Waals surface area contributed by atoms with Gasteiger partial charge in [0.15, 0.2) is 0 Å². The second kappa shape index (κ2) is 9.03. The van der Waals surface area contributed by atoms with Gasteiger partial charge in [0.1, 0.15) is 0 Å². The summed E-state index contributed by atoms with van der Waals surface area (Å²) >= 11 is 0. The van der Waals surface area contributed by atoms with Crippen LogP contribution in [0.15, 0.2) is 30.3 Å². The first-order valence-corrected chi connectivity index (χ1v) is 11.3. The summed E-state index contributed by atoms with van der Waals surface area (Å²) in [5.74, 6) is 0.544. The van der Waals surface area contributed by atoms with Gasteiger partial charge in [-0.25, -0.2) is 0 Å². The predicted molar refractivity (Wildman–Crippen MR) is 118 cm³/mol. The second-order valence-electron chi connectivity index (χ2n) is 9.15. The van der Waals surface area contributed by atoms with Crippen molar-refractivity contribution < 1.29 is 9.84 Å². The molecule has 158 valence electrons. The van der Waals surface area contributed by atoms with Crippen LogP contribution in [-0.4, -0.2) is 47.0 Å². The molecule has 1 aromatic carbocycles. The fraction of sp³-hybridized carbons (Fsp3) is 0.600. The highest BCUT2D eigenvalue weighted by Gasteiger charge is 2.26. The largest absolute Gasteiger partial charge is 0.393 e. The van der Waals surface area contributed by atoms with Gasteiger partial charge >= 0.3 is 0 Å². The van der Waals surface area contributed by atoms with Crippen molar-refractivity contribution in [1.82, 2.24) is 9.47 Å². The fourth-order valence-electron chi connectivity index (χ4n) is 4.94. The maximum Gasteiger partial charge on any atom is 0.0594 e. The molecule has 2 atom stereocenters. The summed E-state index contributed by atoms with van der Waals surface area (Å²) in [7, 11) is 0. The van der Waals surface area contributed by atoms with Gasteiger partial charge in [0.05, 0.1) is 19.3 Å². The molecular formula is C25H36N2O2. The molecule has 1 aliphatic carbocycles. The maximum atomic E-state index is 10.3. The molecule has 1 saturated carbocycles. The summed E-state index contributed by atoms with van der Waals surface area (Å²) in [5, 5.41) is 10.3. The molecule has 29 heavy (non-hydrogen) atoms. The van der Waals surface area contributed by atoms with E-state index in [9.17, 15) is 5.11 Å². The van der Waals surface area contributed by atoms with Crippen molar-refractivity contribution in [2.45, 2.75) is 71.1 Å². The molecule has 2 fully saturated rings. The molecule has 2 heterocycles. The van der Waals surface area contributed by atoms with Gasteiger partial charge in [-0.15, -0.1) is 0 Å². The Balaban J connectivity index is 1.69. The number of nitrogens with zero attached hydrogens (tertiary/aromatic N) is 2. The second-order valence-corrected chi connectivity index (χ2v) is 9.15. The molecule has 2 aliphatic rings. The van der Waals surface area contributed by atoms with Crippen molar-refractivity contribution in [2.24, 2.45) is 0 Å². The lowest BCUT2D eigenvalue weighted by Crippen LogP contribution is -2.35. The number of aliphatic hydroxyl groups is 1. The summed E-state index contributed by atoms with van der Waals surface area (Å²) in [6, 6.07) is 11.9. The summed E-state index contributed by atoms with van der Waals surface area (Å²) in [4.78, 5) is 2.50. The molecule has 0 bridgehead atoms. The molecule has 2 aromatic rings. The molecule has 0 amide bonds. The summed E-state index contributed by atoms with van der Waals surface area (Å²) in [6.45, 7) is 11.4. The lowest BCUT2D eigenvalue weighted by Gasteiger charge is -2.30. The van der Waals surface area contributed by atoms with Crippen molar-refractivity contribution in [3.8, 4) is 11.3 Å². The first-order valence-electron chi connectivity index (χ1n) is 11.3. The Morgan fingerprint density at radius 1 is 1.10 bits per heavy atom. The van der Waals surface area contributed by atoms with Crippen LogP contribution >= 0.6 is 0 Å². The van der Waals surface area contributed by atoms with Crippen molar-refractivity contribution in [3.63, 3.8) is 0 Å². The van der Waals surface area contributed by atoms with Crippen LogP contribution in [0.4, 0.5) is 0 Å². The number of hydrogen-bond acceptors (Lipinski definition) is 3. The number of benzene rings is 1. The molecule has 2 unspecified atom stereocenters. The van der Waals surface area contributed by atoms with Gasteiger partial charge in [0.2, 0.25) is 0 Å². The fourth-order valence-corrected chi connectivity index (χ4v) is 4.94. The van der Waals surface area contributed by atoms with Crippen LogP contribution in [0, 0.1) is 6.92 Å². The van der Waals surface area contributed by atoms with E-state index in [0.717, 1.165) is 58.5 Å². The molecule has 1 aliphatic heterocycles. The van der Waals surface area contributed by atoms with Crippen LogP contribution in [0.25, 0.3) is 11.3 Å². The van der Waals surface area contributed by atoms with Crippen LogP contribution in [0.5, 0.6) is 0 Å². The number of ether oxygens (including phenoxy) is 1. The zero-order valence-corrected chi connectivity index (χ0v) is 18.2. The Morgan fingerprint density at radius 3 is 2.48 bits per heavy atom. The third-order valence-corrected chi connectivity index (χ3v) is 6.75. The van der Waals surface area contributed by atoms with E-state index in [1.165, 1.54) is 28.1 Å². The highest BCUT2D eigenvalue weighted by atomic mass is 16.5. The Labute approximate surface area is 175 Å². The number of morpholine rings is 1. The Kier molecular flexibility index (Phi) is 6.43. The van der Waals surface area contributed by atoms with Crippen LogP contribution in [0.3, 0.4) is 0 Å². The number of hydrogen-bond donors (Lipinski definition) is 1. The van der Waals surface area contributed by atoms with E-state index in [2.05, 4.69) is 60.6 Å². The predicted octanol–water partition coefficient (Wildman–Crippen LogP) is 4.90. The SMILES string of the molecule is Cc1c(CN2CCOCC2)cc(-c2ccc(C(C)C)cc2)n1C1CCCC(O)C1. The minimum Gasteiger partial charge on any atom is -0.393 e. The van der Waals surface area contributed by atoms with E-state index in [0.29, 0.717) is 12.0 Å². The van der Waals surface area contributed by atoms with E-state index in [1.54, 1.807) is 0 Å². The molecule has 1 aromatic heterocycles. The number of aromatic nitrogens is 1. The lowest BCUT2D eigenvalue weighted by molar-refractivity contribution is 0.0340. The van der Waals surface area contributed by atoms with Crippen LogP contribution in [0.1, 0.15) is 68.3 Å². The lowest BCUT2D eigenvalue weighted by atomic mass is 9.92. The van der Waals surface area contributed by atoms with Gasteiger partial charge in [0, 0.05) is 37.1 Å². The summed E-state index contributed by atoms with van der Waals surface area (Å²) in [5.41, 5.74) is 6.74. The van der Waals surface area contributed by atoms with E-state index in [1.807, 2.05) is 0 Å². The molecule has 0 radical (unpaired) electrons. The zero-order valence-electron chi connectivity index (χ0n) is 18.2. The minimum absolute atomic E-state index is 0.172. The molecule has 0 spiro atoms. The average Bonchev–Trinajstić information content (AvgIpc) is 3.05. The Bertz CT molecular complexity index is 803. The van der Waals surface area contributed by atoms with E-state index in [-0.39, 0.29) is 6.10 Å². The van der Waals surface area contributed by atoms with E-state index in [4.69, 9.17) is 4.74 Å². The zero-order chi connectivity index (χ0) is 20.4. The van der Waals surface area contributed by atoms with Gasteiger partial charge in [0.25, 0.3) is 0 Å². The molecule has 1 saturated heterocycles. The standard InChI is InChI=1S/C25H36N2O2/c1-18(2)20-7-9-21(10-8-20)25-15-22(17-26-11-13-29-14-12-26)19(3)27(25)23-5-4-6-24(28)16-23/h7-10,15,18,23-24,28H,4-6,11-14,16-17H2,1-3H3. The van der Waals surface area contributed by atoms with E-state index < -0.39 is 0 Å². The average molecular weight is 397 g/mol. The van der Waals surface area contributed by atoms with Gasteiger partial charge < -0.3 is 14.4 Å². The molecular weight excluding hydrogens is 360 g/mol. The van der Waals surface area contributed by atoms with Crippen LogP contribution in [0.2, 0.25) is 0 Å². The van der Waals surface area contributed by atoms with Gasteiger partial charge in [-0.3, -0.25) is 4.90 Å². The van der Waals surface area contributed by atoms with Crippen LogP contribution < -0.4 is 0 Å². The molecule has 4 heteroatoms. The summed E-state index contributed by atoms with van der Waals surface area (Å²) < 4.78 is 8.06. The number of aliphatic hydroxyl groups excluding tert-OH is 1. The van der Waals surface area contributed by atoms with E-state index >= 15 is 0 Å². The molecule has 4 nitrogen and oxygen atoms in total. The smallest absolute Gasteiger partial charge is 0.0594 e. The first kappa shape index (κ1) is 20.6. The Hall–Kier alpha value is -1.62. The van der Waals surface area contributed by atoms with Gasteiger partial charge in [-0.2, -0.15) is 0 Å². The van der Waals surface area contributed by atoms with Gasteiger partial charge in [-0.1, -0.05) is 38.1 Å².